The zero-order valence-electron chi connectivity index (χ0n) is 17.2. The summed E-state index contributed by atoms with van der Waals surface area (Å²) in [6.07, 6.45) is -0.391. The maximum Gasteiger partial charge on any atom is 0.141 e. The van der Waals surface area contributed by atoms with Gasteiger partial charge in [-0.1, -0.05) is 12.1 Å². The molecule has 31 heavy (non-hydrogen) atoms. The first-order valence-corrected chi connectivity index (χ1v) is 9.89. The normalized spacial score (nSPS) is 12.1. The van der Waals surface area contributed by atoms with Crippen molar-refractivity contribution in [2.45, 2.75) is 19.6 Å². The van der Waals surface area contributed by atoms with Crippen LogP contribution in [0.4, 0.5) is 8.78 Å². The molecule has 0 radical (unpaired) electrons. The van der Waals surface area contributed by atoms with Crippen molar-refractivity contribution in [1.29, 1.82) is 0 Å². The summed E-state index contributed by atoms with van der Waals surface area (Å²) in [5.41, 5.74) is 2.72. The Balaban J connectivity index is 1.53. The second-order valence-corrected chi connectivity index (χ2v) is 6.93. The predicted octanol–water partition coefficient (Wildman–Crippen LogP) is 5.55. The molecule has 1 atom stereocenters. The average Bonchev–Trinajstić information content (AvgIpc) is 3.21. The Bertz CT molecular complexity index is 1180. The molecule has 160 valence electrons. The monoisotopic (exact) mass is 424 g/mol. The molecule has 5 nitrogen and oxygen atoms in total. The number of ether oxygens (including phenoxy) is 3. The second-order valence-electron chi connectivity index (χ2n) is 6.93. The first-order valence-electron chi connectivity index (χ1n) is 9.89. The number of imidazole rings is 1. The number of halogens is 2. The van der Waals surface area contributed by atoms with E-state index in [2.05, 4.69) is 9.97 Å². The van der Waals surface area contributed by atoms with Gasteiger partial charge in [-0.15, -0.1) is 0 Å². The van der Waals surface area contributed by atoms with E-state index < -0.39 is 17.7 Å². The van der Waals surface area contributed by atoms with Crippen molar-refractivity contribution >= 4 is 11.0 Å². The summed E-state index contributed by atoms with van der Waals surface area (Å²) in [5.74, 6) is 0.946. The highest BCUT2D eigenvalue weighted by Crippen LogP contribution is 2.29. The lowest BCUT2D eigenvalue weighted by Gasteiger charge is -2.16. The van der Waals surface area contributed by atoms with E-state index in [1.54, 1.807) is 19.2 Å². The molecular formula is C24H22F2N2O3. The van der Waals surface area contributed by atoms with Crippen LogP contribution in [0.5, 0.6) is 11.5 Å². The van der Waals surface area contributed by atoms with Gasteiger partial charge in [-0.05, 0) is 55.0 Å². The molecule has 0 saturated heterocycles. The van der Waals surface area contributed by atoms with Crippen molar-refractivity contribution in [2.24, 2.45) is 0 Å². The van der Waals surface area contributed by atoms with E-state index in [1.165, 1.54) is 0 Å². The molecule has 0 bridgehead atoms. The number of aromatic nitrogens is 2. The van der Waals surface area contributed by atoms with Gasteiger partial charge in [-0.2, -0.15) is 0 Å². The average molecular weight is 424 g/mol. The summed E-state index contributed by atoms with van der Waals surface area (Å²) >= 11 is 0. The smallest absolute Gasteiger partial charge is 0.141 e. The standard InChI is InChI=1S/C24H22F2N2O3/c1-3-30-23(24-27-21-11-9-19(29-2)13-22(21)28-24)15-4-7-18(8-5-15)31-14-16-12-17(25)6-10-20(16)26/h4-13,23H,3,14H2,1-2H3,(H,27,28). The fraction of sp³-hybridized carbons (Fsp3) is 0.208. The lowest BCUT2D eigenvalue weighted by Crippen LogP contribution is -2.08. The number of hydrogen-bond acceptors (Lipinski definition) is 4. The molecule has 0 spiro atoms. The minimum atomic E-state index is -0.504. The van der Waals surface area contributed by atoms with E-state index >= 15 is 0 Å². The van der Waals surface area contributed by atoms with Crippen LogP contribution in [0.15, 0.2) is 60.7 Å². The van der Waals surface area contributed by atoms with Gasteiger partial charge >= 0.3 is 0 Å². The van der Waals surface area contributed by atoms with Crippen molar-refractivity contribution < 1.29 is 23.0 Å². The molecule has 0 aliphatic heterocycles. The number of H-pyrrole nitrogens is 1. The second kappa shape index (κ2) is 9.14. The zero-order chi connectivity index (χ0) is 21.8. The Kier molecular flexibility index (Phi) is 6.13. The molecule has 7 heteroatoms. The minimum Gasteiger partial charge on any atom is -0.497 e. The topological polar surface area (TPSA) is 56.4 Å². The van der Waals surface area contributed by atoms with Crippen LogP contribution >= 0.6 is 0 Å². The van der Waals surface area contributed by atoms with Gasteiger partial charge in [-0.3, -0.25) is 0 Å². The van der Waals surface area contributed by atoms with E-state index in [0.717, 1.165) is 40.5 Å². The molecule has 0 aliphatic carbocycles. The summed E-state index contributed by atoms with van der Waals surface area (Å²) in [6.45, 7) is 2.36. The summed E-state index contributed by atoms with van der Waals surface area (Å²) in [7, 11) is 1.62. The van der Waals surface area contributed by atoms with Crippen molar-refractivity contribution in [2.75, 3.05) is 13.7 Å². The third-order valence-electron chi connectivity index (χ3n) is 4.88. The summed E-state index contributed by atoms with van der Waals surface area (Å²) in [4.78, 5) is 7.97. The summed E-state index contributed by atoms with van der Waals surface area (Å²) < 4.78 is 43.9. The quantitative estimate of drug-likeness (QED) is 0.403. The van der Waals surface area contributed by atoms with Crippen LogP contribution < -0.4 is 9.47 Å². The van der Waals surface area contributed by atoms with E-state index in [-0.39, 0.29) is 12.2 Å². The molecule has 4 rings (SSSR count). The first-order chi connectivity index (χ1) is 15.1. The number of nitrogens with one attached hydrogen (secondary N) is 1. The summed E-state index contributed by atoms with van der Waals surface area (Å²) in [6, 6.07) is 16.2. The Morgan fingerprint density at radius 3 is 2.48 bits per heavy atom. The Labute approximate surface area is 178 Å². The molecule has 1 unspecified atom stereocenters. The fourth-order valence-electron chi connectivity index (χ4n) is 3.31. The van der Waals surface area contributed by atoms with Crippen LogP contribution in [0.1, 0.15) is 30.0 Å². The van der Waals surface area contributed by atoms with Crippen LogP contribution in [-0.4, -0.2) is 23.7 Å². The first kappa shape index (κ1) is 20.8. The maximum absolute atomic E-state index is 13.8. The van der Waals surface area contributed by atoms with Crippen molar-refractivity contribution in [3.05, 3.63) is 89.2 Å². The summed E-state index contributed by atoms with van der Waals surface area (Å²) in [5, 5.41) is 0. The van der Waals surface area contributed by atoms with Gasteiger partial charge in [0.2, 0.25) is 0 Å². The van der Waals surface area contributed by atoms with Gasteiger partial charge in [0.25, 0.3) is 0 Å². The highest BCUT2D eigenvalue weighted by molar-refractivity contribution is 5.77. The largest absolute Gasteiger partial charge is 0.497 e. The molecule has 4 aromatic rings. The number of hydrogen-bond donors (Lipinski definition) is 1. The van der Waals surface area contributed by atoms with Gasteiger partial charge in [0, 0.05) is 18.2 Å². The van der Waals surface area contributed by atoms with Gasteiger partial charge in [0.05, 0.1) is 18.1 Å². The SMILES string of the molecule is CCOC(c1ccc(OCc2cc(F)ccc2F)cc1)c1nc2cc(OC)ccc2[nH]1. The number of aromatic amines is 1. The van der Waals surface area contributed by atoms with Crippen molar-refractivity contribution in [1.82, 2.24) is 9.97 Å². The Morgan fingerprint density at radius 2 is 1.74 bits per heavy atom. The van der Waals surface area contributed by atoms with Crippen LogP contribution in [0.3, 0.4) is 0 Å². The molecule has 0 fully saturated rings. The highest BCUT2D eigenvalue weighted by Gasteiger charge is 2.19. The number of fused-ring (bicyclic) bond motifs is 1. The van der Waals surface area contributed by atoms with Gasteiger partial charge in [0.15, 0.2) is 0 Å². The molecule has 1 aromatic heterocycles. The third-order valence-corrected chi connectivity index (χ3v) is 4.88. The van der Waals surface area contributed by atoms with E-state index in [1.807, 2.05) is 37.3 Å². The fourth-order valence-corrected chi connectivity index (χ4v) is 3.31. The minimum absolute atomic E-state index is 0.0662. The third kappa shape index (κ3) is 4.67. The highest BCUT2D eigenvalue weighted by atomic mass is 19.1. The number of rotatable bonds is 8. The van der Waals surface area contributed by atoms with E-state index in [0.29, 0.717) is 18.2 Å². The Morgan fingerprint density at radius 1 is 0.968 bits per heavy atom. The van der Waals surface area contributed by atoms with Gasteiger partial charge in [0.1, 0.15) is 41.7 Å². The molecule has 3 aromatic carbocycles. The molecular weight excluding hydrogens is 402 g/mol. The van der Waals surface area contributed by atoms with Crippen molar-refractivity contribution in [3.8, 4) is 11.5 Å². The van der Waals surface area contributed by atoms with E-state index in [9.17, 15) is 8.78 Å². The number of benzene rings is 3. The van der Waals surface area contributed by atoms with Crippen LogP contribution in [-0.2, 0) is 11.3 Å². The molecule has 1 heterocycles. The number of nitrogens with zero attached hydrogens (tertiary/aromatic N) is 1. The van der Waals surface area contributed by atoms with Crippen LogP contribution in [0.2, 0.25) is 0 Å². The predicted molar refractivity (Wildman–Crippen MR) is 113 cm³/mol. The van der Waals surface area contributed by atoms with Crippen molar-refractivity contribution in [3.63, 3.8) is 0 Å². The molecule has 0 amide bonds. The molecule has 0 saturated carbocycles. The molecule has 0 aliphatic rings. The van der Waals surface area contributed by atoms with E-state index in [4.69, 9.17) is 14.2 Å². The number of methoxy groups -OCH3 is 1. The zero-order valence-corrected chi connectivity index (χ0v) is 17.2. The Hall–Kier alpha value is -3.45. The van der Waals surface area contributed by atoms with Gasteiger partial charge < -0.3 is 19.2 Å². The molecule has 1 N–H and O–H groups in total. The lowest BCUT2D eigenvalue weighted by atomic mass is 10.1. The van der Waals surface area contributed by atoms with Crippen LogP contribution in [0, 0.1) is 11.6 Å². The maximum atomic E-state index is 13.8. The van der Waals surface area contributed by atoms with Crippen LogP contribution in [0.25, 0.3) is 11.0 Å². The lowest BCUT2D eigenvalue weighted by molar-refractivity contribution is 0.0859. The van der Waals surface area contributed by atoms with Gasteiger partial charge in [-0.25, -0.2) is 13.8 Å².